The third-order valence-electron chi connectivity index (χ3n) is 2.57. The van der Waals surface area contributed by atoms with Crippen molar-refractivity contribution in [3.63, 3.8) is 0 Å². The Morgan fingerprint density at radius 3 is 2.31 bits per heavy atom. The second kappa shape index (κ2) is 4.60. The molecule has 0 amide bonds. The van der Waals surface area contributed by atoms with Crippen molar-refractivity contribution in [2.24, 2.45) is 0 Å². The Bertz CT molecular complexity index is 504. The fraction of sp³-hybridized carbons (Fsp3) is 0.286. The monoisotopic (exact) mass is 222 g/mol. The van der Waals surface area contributed by atoms with Crippen LogP contribution in [0.1, 0.15) is 20.8 Å². The molecule has 86 valence electrons. The summed E-state index contributed by atoms with van der Waals surface area (Å²) < 4.78 is 26.0. The van der Waals surface area contributed by atoms with Gasteiger partial charge in [0, 0.05) is 6.92 Å². The first kappa shape index (κ1) is 12.6. The Kier molecular flexibility index (Phi) is 3.63. The zero-order valence-corrected chi connectivity index (χ0v) is 9.85. The minimum absolute atomic E-state index is 0.0632. The molecule has 0 aromatic heterocycles. The molecule has 1 aromatic rings. The predicted octanol–water partition coefficient (Wildman–Crippen LogP) is 2.87. The second-order valence-corrected chi connectivity index (χ2v) is 4.06. The molecule has 0 spiro atoms. The predicted molar refractivity (Wildman–Crippen MR) is 64.7 cm³/mol. The normalized spacial score (nSPS) is 14.9. The highest BCUT2D eigenvalue weighted by Gasteiger charge is 2.23. The summed E-state index contributed by atoms with van der Waals surface area (Å²) >= 11 is 0. The van der Waals surface area contributed by atoms with E-state index in [4.69, 9.17) is 0 Å². The Hall–Kier alpha value is -1.44. The molecule has 16 heavy (non-hydrogen) atoms. The highest BCUT2D eigenvalue weighted by molar-refractivity contribution is 5.56. The Balaban J connectivity index is 3.33. The molecule has 1 aromatic carbocycles. The van der Waals surface area contributed by atoms with Crippen molar-refractivity contribution in [2.75, 3.05) is 0 Å². The van der Waals surface area contributed by atoms with Crippen molar-refractivity contribution >= 4 is 12.2 Å². The maximum atomic E-state index is 13.0. The van der Waals surface area contributed by atoms with E-state index in [2.05, 4.69) is 6.58 Å². The minimum Gasteiger partial charge on any atom is -0.202 e. The average molecular weight is 222 g/mol. The van der Waals surface area contributed by atoms with Crippen molar-refractivity contribution in [1.29, 1.82) is 0 Å². The van der Waals surface area contributed by atoms with E-state index >= 15 is 0 Å². The van der Waals surface area contributed by atoms with Crippen molar-refractivity contribution < 1.29 is 8.78 Å². The van der Waals surface area contributed by atoms with Gasteiger partial charge in [0.15, 0.2) is 0 Å². The van der Waals surface area contributed by atoms with E-state index in [-0.39, 0.29) is 5.57 Å². The summed E-state index contributed by atoms with van der Waals surface area (Å²) in [5.74, 6) is -2.77. The lowest BCUT2D eigenvalue weighted by molar-refractivity contribution is 0.0636. The molecule has 0 atom stereocenters. The van der Waals surface area contributed by atoms with Gasteiger partial charge in [0.05, 0.1) is 0 Å². The fourth-order valence-electron chi connectivity index (χ4n) is 1.43. The standard InChI is InChI=1S/C14H16F2/c1-10-7-5-6-8-13(10)11(2)9-12(3)14(4,15)16/h5-9H,1H2,2-4H3/b12-9+,13-11-. The van der Waals surface area contributed by atoms with Crippen molar-refractivity contribution in [2.45, 2.75) is 26.7 Å². The molecule has 0 saturated heterocycles. The summed E-state index contributed by atoms with van der Waals surface area (Å²) in [4.78, 5) is 0. The van der Waals surface area contributed by atoms with Gasteiger partial charge >= 0.3 is 0 Å². The lowest BCUT2D eigenvalue weighted by Crippen LogP contribution is -2.24. The number of benzene rings is 1. The number of hydrogen-bond acceptors (Lipinski definition) is 0. The summed E-state index contributed by atoms with van der Waals surface area (Å²) in [5, 5.41) is 1.76. The molecule has 2 heteroatoms. The molecule has 1 rings (SSSR count). The molecule has 0 aliphatic rings. The van der Waals surface area contributed by atoms with Gasteiger partial charge in [-0.15, -0.1) is 0 Å². The fourth-order valence-corrected chi connectivity index (χ4v) is 1.43. The van der Waals surface area contributed by atoms with Crippen LogP contribution in [0.2, 0.25) is 0 Å². The van der Waals surface area contributed by atoms with Crippen molar-refractivity contribution in [3.05, 3.63) is 46.4 Å². The molecule has 0 bridgehead atoms. The molecular formula is C14H16F2. The van der Waals surface area contributed by atoms with Crippen LogP contribution in [0.25, 0.3) is 12.2 Å². The van der Waals surface area contributed by atoms with E-state index in [0.717, 1.165) is 22.9 Å². The largest absolute Gasteiger partial charge is 0.266 e. The lowest BCUT2D eigenvalue weighted by Gasteiger charge is -2.10. The molecule has 0 radical (unpaired) electrons. The number of hydrogen-bond donors (Lipinski definition) is 0. The van der Waals surface area contributed by atoms with Crippen molar-refractivity contribution in [3.8, 4) is 0 Å². The van der Waals surface area contributed by atoms with E-state index in [1.54, 1.807) is 0 Å². The Morgan fingerprint density at radius 1 is 1.25 bits per heavy atom. The summed E-state index contributed by atoms with van der Waals surface area (Å²) in [6.07, 6.45) is 1.52. The van der Waals surface area contributed by atoms with Crippen LogP contribution in [0, 0.1) is 0 Å². The van der Waals surface area contributed by atoms with Gasteiger partial charge in [-0.2, -0.15) is 0 Å². The Morgan fingerprint density at radius 2 is 1.81 bits per heavy atom. The van der Waals surface area contributed by atoms with Crippen LogP contribution in [0.15, 0.2) is 35.9 Å². The number of rotatable bonds is 2. The zero-order valence-electron chi connectivity index (χ0n) is 9.85. The molecule has 0 nitrogen and oxygen atoms in total. The second-order valence-electron chi connectivity index (χ2n) is 4.06. The zero-order chi connectivity index (χ0) is 12.3. The van der Waals surface area contributed by atoms with Crippen molar-refractivity contribution in [1.82, 2.24) is 0 Å². The summed E-state index contributed by atoms with van der Waals surface area (Å²) in [6.45, 7) is 8.04. The quantitative estimate of drug-likeness (QED) is 0.721. The SMILES string of the molecule is C=c1cccc/c1=C(C)/C=C(\C)C(C)(F)F. The maximum absolute atomic E-state index is 13.0. The average Bonchev–Trinajstić information content (AvgIpc) is 2.16. The van der Waals surface area contributed by atoms with Gasteiger partial charge in [0.25, 0.3) is 5.92 Å². The maximum Gasteiger partial charge on any atom is 0.266 e. The molecule has 0 N–H and O–H groups in total. The van der Waals surface area contributed by atoms with Gasteiger partial charge in [-0.05, 0) is 35.4 Å². The molecule has 0 aliphatic carbocycles. The third kappa shape index (κ3) is 3.02. The molecule has 0 fully saturated rings. The van der Waals surface area contributed by atoms with Gasteiger partial charge in [0.2, 0.25) is 0 Å². The van der Waals surface area contributed by atoms with E-state index in [1.807, 2.05) is 31.2 Å². The van der Waals surface area contributed by atoms with Crippen LogP contribution >= 0.6 is 0 Å². The topological polar surface area (TPSA) is 0 Å². The summed E-state index contributed by atoms with van der Waals surface area (Å²) in [6, 6.07) is 7.51. The summed E-state index contributed by atoms with van der Waals surface area (Å²) in [7, 11) is 0. The molecule has 0 aliphatic heterocycles. The highest BCUT2D eigenvalue weighted by atomic mass is 19.3. The van der Waals surface area contributed by atoms with Gasteiger partial charge in [-0.3, -0.25) is 0 Å². The summed E-state index contributed by atoms with van der Waals surface area (Å²) in [5.41, 5.74) is 0.873. The van der Waals surface area contributed by atoms with Crippen LogP contribution in [0.3, 0.4) is 0 Å². The third-order valence-corrected chi connectivity index (χ3v) is 2.57. The number of allylic oxidation sites excluding steroid dienone is 2. The smallest absolute Gasteiger partial charge is 0.202 e. The highest BCUT2D eigenvalue weighted by Crippen LogP contribution is 2.23. The van der Waals surface area contributed by atoms with Crippen LogP contribution in [-0.4, -0.2) is 5.92 Å². The molecule has 0 unspecified atom stereocenters. The first-order valence-electron chi connectivity index (χ1n) is 5.14. The van der Waals surface area contributed by atoms with Crippen LogP contribution in [-0.2, 0) is 0 Å². The van der Waals surface area contributed by atoms with Gasteiger partial charge < -0.3 is 0 Å². The van der Waals surface area contributed by atoms with Crippen LogP contribution in [0.5, 0.6) is 0 Å². The van der Waals surface area contributed by atoms with Gasteiger partial charge in [-0.25, -0.2) is 8.78 Å². The molecule has 0 heterocycles. The van der Waals surface area contributed by atoms with E-state index in [9.17, 15) is 8.78 Å². The van der Waals surface area contributed by atoms with Gasteiger partial charge in [0.1, 0.15) is 0 Å². The van der Waals surface area contributed by atoms with Gasteiger partial charge in [-0.1, -0.05) is 36.9 Å². The molecule has 0 saturated carbocycles. The lowest BCUT2D eigenvalue weighted by atomic mass is 10.1. The van der Waals surface area contributed by atoms with E-state index in [1.165, 1.54) is 13.0 Å². The number of halogens is 2. The minimum atomic E-state index is -2.77. The molecular weight excluding hydrogens is 206 g/mol. The first-order chi connectivity index (χ1) is 7.32. The van der Waals surface area contributed by atoms with E-state index < -0.39 is 5.92 Å². The van der Waals surface area contributed by atoms with E-state index in [0.29, 0.717) is 0 Å². The Labute approximate surface area is 94.6 Å². The van der Waals surface area contributed by atoms with Crippen LogP contribution in [0.4, 0.5) is 8.78 Å². The first-order valence-corrected chi connectivity index (χ1v) is 5.14. The van der Waals surface area contributed by atoms with Crippen LogP contribution < -0.4 is 10.4 Å². The number of alkyl halides is 2.